The summed E-state index contributed by atoms with van der Waals surface area (Å²) in [6.07, 6.45) is 0.721. The van der Waals surface area contributed by atoms with E-state index < -0.39 is 0 Å². The van der Waals surface area contributed by atoms with Gasteiger partial charge in [-0.1, -0.05) is 19.9 Å². The monoisotopic (exact) mass is 265 g/mol. The van der Waals surface area contributed by atoms with E-state index in [4.69, 9.17) is 4.74 Å². The van der Waals surface area contributed by atoms with Gasteiger partial charge in [-0.05, 0) is 43.9 Å². The van der Waals surface area contributed by atoms with Gasteiger partial charge in [0.15, 0.2) is 0 Å². The van der Waals surface area contributed by atoms with E-state index in [2.05, 4.69) is 51.8 Å². The molecule has 108 valence electrons. The zero-order valence-corrected chi connectivity index (χ0v) is 13.0. The number of aliphatic hydroxyl groups excluding tert-OH is 1. The SMILES string of the molecule is COc1ccc(C(C)C)cc1N(C)C(C)(C)CCO. The summed E-state index contributed by atoms with van der Waals surface area (Å²) in [4.78, 5) is 2.19. The lowest BCUT2D eigenvalue weighted by atomic mass is 9.96. The van der Waals surface area contributed by atoms with Crippen molar-refractivity contribution in [2.24, 2.45) is 0 Å². The Kier molecular flexibility index (Phi) is 5.24. The number of hydrogen-bond donors (Lipinski definition) is 1. The molecule has 0 saturated heterocycles. The van der Waals surface area contributed by atoms with Crippen LogP contribution in [0, 0.1) is 0 Å². The van der Waals surface area contributed by atoms with Gasteiger partial charge in [-0.2, -0.15) is 0 Å². The summed E-state index contributed by atoms with van der Waals surface area (Å²) >= 11 is 0. The maximum Gasteiger partial charge on any atom is 0.142 e. The van der Waals surface area contributed by atoms with Crippen LogP contribution in [0.15, 0.2) is 18.2 Å². The molecular weight excluding hydrogens is 238 g/mol. The molecular formula is C16H27NO2. The Morgan fingerprint density at radius 1 is 1.32 bits per heavy atom. The molecule has 0 saturated carbocycles. The quantitative estimate of drug-likeness (QED) is 0.855. The highest BCUT2D eigenvalue weighted by Crippen LogP contribution is 2.35. The Morgan fingerprint density at radius 2 is 1.95 bits per heavy atom. The van der Waals surface area contributed by atoms with Crippen molar-refractivity contribution < 1.29 is 9.84 Å². The van der Waals surface area contributed by atoms with Gasteiger partial charge in [0.05, 0.1) is 12.8 Å². The van der Waals surface area contributed by atoms with Gasteiger partial charge >= 0.3 is 0 Å². The van der Waals surface area contributed by atoms with Crippen LogP contribution >= 0.6 is 0 Å². The van der Waals surface area contributed by atoms with Gasteiger partial charge in [-0.3, -0.25) is 0 Å². The third-order valence-corrected chi connectivity index (χ3v) is 3.86. The van der Waals surface area contributed by atoms with E-state index in [9.17, 15) is 5.11 Å². The lowest BCUT2D eigenvalue weighted by Gasteiger charge is -2.38. The van der Waals surface area contributed by atoms with Crippen LogP contribution < -0.4 is 9.64 Å². The van der Waals surface area contributed by atoms with Crippen molar-refractivity contribution >= 4 is 5.69 Å². The van der Waals surface area contributed by atoms with E-state index in [1.54, 1.807) is 7.11 Å². The van der Waals surface area contributed by atoms with Crippen molar-refractivity contribution in [2.75, 3.05) is 25.7 Å². The zero-order valence-electron chi connectivity index (χ0n) is 13.0. The predicted octanol–water partition coefficient (Wildman–Crippen LogP) is 3.42. The molecule has 19 heavy (non-hydrogen) atoms. The van der Waals surface area contributed by atoms with Crippen LogP contribution in [0.5, 0.6) is 5.75 Å². The number of anilines is 1. The first-order valence-corrected chi connectivity index (χ1v) is 6.86. The summed E-state index contributed by atoms with van der Waals surface area (Å²) in [5.41, 5.74) is 2.26. The third-order valence-electron chi connectivity index (χ3n) is 3.86. The van der Waals surface area contributed by atoms with Crippen LogP contribution in [0.4, 0.5) is 5.69 Å². The van der Waals surface area contributed by atoms with Crippen molar-refractivity contribution in [3.8, 4) is 5.75 Å². The number of methoxy groups -OCH3 is 1. The molecule has 0 fully saturated rings. The first-order chi connectivity index (χ1) is 8.83. The van der Waals surface area contributed by atoms with Gasteiger partial charge in [0, 0.05) is 19.2 Å². The molecule has 0 aliphatic heterocycles. The highest BCUT2D eigenvalue weighted by Gasteiger charge is 2.25. The highest BCUT2D eigenvalue weighted by atomic mass is 16.5. The van der Waals surface area contributed by atoms with E-state index in [0.717, 1.165) is 17.9 Å². The summed E-state index contributed by atoms with van der Waals surface area (Å²) in [7, 11) is 3.75. The minimum absolute atomic E-state index is 0.113. The highest BCUT2D eigenvalue weighted by molar-refractivity contribution is 5.61. The Bertz CT molecular complexity index is 413. The van der Waals surface area contributed by atoms with Crippen molar-refractivity contribution in [1.82, 2.24) is 0 Å². The van der Waals surface area contributed by atoms with E-state index >= 15 is 0 Å². The van der Waals surface area contributed by atoms with Gasteiger partial charge < -0.3 is 14.7 Å². The summed E-state index contributed by atoms with van der Waals surface area (Å²) in [6, 6.07) is 6.32. The minimum atomic E-state index is -0.113. The first kappa shape index (κ1) is 15.8. The normalized spacial score (nSPS) is 11.8. The van der Waals surface area contributed by atoms with Crippen LogP contribution in [0.25, 0.3) is 0 Å². The molecule has 0 atom stereocenters. The molecule has 0 heterocycles. The maximum atomic E-state index is 9.21. The molecule has 1 aromatic rings. The van der Waals surface area contributed by atoms with E-state index in [0.29, 0.717) is 5.92 Å². The Hall–Kier alpha value is -1.22. The number of nitrogens with zero attached hydrogens (tertiary/aromatic N) is 1. The minimum Gasteiger partial charge on any atom is -0.495 e. The molecule has 3 nitrogen and oxygen atoms in total. The Labute approximate surface area is 117 Å². The van der Waals surface area contributed by atoms with E-state index in [1.807, 2.05) is 6.07 Å². The number of rotatable bonds is 6. The second-order valence-electron chi connectivity index (χ2n) is 5.93. The third kappa shape index (κ3) is 3.63. The summed E-state index contributed by atoms with van der Waals surface area (Å²) in [5.74, 6) is 1.36. The molecule has 0 aliphatic rings. The number of hydrogen-bond acceptors (Lipinski definition) is 3. The van der Waals surface area contributed by atoms with Crippen LogP contribution in [-0.2, 0) is 0 Å². The molecule has 0 spiro atoms. The van der Waals surface area contributed by atoms with Gasteiger partial charge in [-0.15, -0.1) is 0 Å². The van der Waals surface area contributed by atoms with Gasteiger partial charge in [0.1, 0.15) is 5.75 Å². The van der Waals surface area contributed by atoms with Gasteiger partial charge in [0.25, 0.3) is 0 Å². The molecule has 0 radical (unpaired) electrons. The Balaban J connectivity index is 3.19. The Morgan fingerprint density at radius 3 is 2.42 bits per heavy atom. The van der Waals surface area contributed by atoms with E-state index in [-0.39, 0.29) is 12.1 Å². The van der Waals surface area contributed by atoms with Crippen molar-refractivity contribution in [2.45, 2.75) is 45.6 Å². The summed E-state index contributed by atoms with van der Waals surface area (Å²) in [5, 5.41) is 9.21. The molecule has 1 rings (SSSR count). The van der Waals surface area contributed by atoms with Crippen molar-refractivity contribution in [1.29, 1.82) is 0 Å². The molecule has 0 unspecified atom stereocenters. The number of benzene rings is 1. The molecule has 0 bridgehead atoms. The maximum absolute atomic E-state index is 9.21. The van der Waals surface area contributed by atoms with Gasteiger partial charge in [-0.25, -0.2) is 0 Å². The molecule has 0 aromatic heterocycles. The lowest BCUT2D eigenvalue weighted by Crippen LogP contribution is -2.42. The fraction of sp³-hybridized carbons (Fsp3) is 0.625. The summed E-state index contributed by atoms with van der Waals surface area (Å²) < 4.78 is 5.47. The van der Waals surface area contributed by atoms with Crippen molar-refractivity contribution in [3.05, 3.63) is 23.8 Å². The lowest BCUT2D eigenvalue weighted by molar-refractivity contribution is 0.250. The van der Waals surface area contributed by atoms with Crippen LogP contribution in [0.1, 0.15) is 45.6 Å². The molecule has 0 amide bonds. The molecule has 1 N–H and O–H groups in total. The topological polar surface area (TPSA) is 32.7 Å². The molecule has 0 aliphatic carbocycles. The summed E-state index contributed by atoms with van der Waals surface area (Å²) in [6.45, 7) is 8.81. The standard InChI is InChI=1S/C16H27NO2/c1-12(2)13-7-8-15(19-6)14(11-13)17(5)16(3,4)9-10-18/h7-8,11-12,18H,9-10H2,1-6H3. The second kappa shape index (κ2) is 6.29. The first-order valence-electron chi connectivity index (χ1n) is 6.86. The molecule has 3 heteroatoms. The largest absolute Gasteiger partial charge is 0.495 e. The van der Waals surface area contributed by atoms with Crippen LogP contribution in [-0.4, -0.2) is 31.4 Å². The average molecular weight is 265 g/mol. The zero-order chi connectivity index (χ0) is 14.6. The van der Waals surface area contributed by atoms with Crippen molar-refractivity contribution in [3.63, 3.8) is 0 Å². The van der Waals surface area contributed by atoms with Crippen LogP contribution in [0.3, 0.4) is 0 Å². The number of ether oxygens (including phenoxy) is 1. The average Bonchev–Trinajstić information content (AvgIpc) is 2.36. The van der Waals surface area contributed by atoms with E-state index in [1.165, 1.54) is 5.56 Å². The number of aliphatic hydroxyl groups is 1. The molecule has 1 aromatic carbocycles. The van der Waals surface area contributed by atoms with Crippen LogP contribution in [0.2, 0.25) is 0 Å². The smallest absolute Gasteiger partial charge is 0.142 e. The van der Waals surface area contributed by atoms with Gasteiger partial charge in [0.2, 0.25) is 0 Å². The fourth-order valence-electron chi connectivity index (χ4n) is 2.10. The predicted molar refractivity (Wildman–Crippen MR) is 81.3 cm³/mol. The second-order valence-corrected chi connectivity index (χ2v) is 5.93. The fourth-order valence-corrected chi connectivity index (χ4v) is 2.10.